The van der Waals surface area contributed by atoms with Gasteiger partial charge in [0.15, 0.2) is 0 Å². The molecule has 0 saturated heterocycles. The van der Waals surface area contributed by atoms with Crippen molar-refractivity contribution in [3.8, 4) is 0 Å². The summed E-state index contributed by atoms with van der Waals surface area (Å²) in [4.78, 5) is 11.0. The highest BCUT2D eigenvalue weighted by atomic mass is 19.1. The lowest BCUT2D eigenvalue weighted by Crippen LogP contribution is -2.33. The molecule has 4 nitrogen and oxygen atoms in total. The molecule has 1 N–H and O–H groups in total. The molecule has 0 aliphatic rings. The summed E-state index contributed by atoms with van der Waals surface area (Å²) in [6, 6.07) is 3.42. The fourth-order valence-corrected chi connectivity index (χ4v) is 1.41. The normalized spacial score (nSPS) is 10.5. The van der Waals surface area contributed by atoms with Crippen LogP contribution in [0.4, 0.5) is 13.6 Å². The first-order valence-corrected chi connectivity index (χ1v) is 7.02. The number of alkyl carbamates (subject to hydrolysis) is 1. The van der Waals surface area contributed by atoms with Gasteiger partial charge in [-0.1, -0.05) is 0 Å². The number of methoxy groups -OCH3 is 1. The van der Waals surface area contributed by atoms with Crippen molar-refractivity contribution in [2.45, 2.75) is 39.7 Å². The van der Waals surface area contributed by atoms with Crippen LogP contribution >= 0.6 is 0 Å². The highest BCUT2D eigenvalue weighted by molar-refractivity contribution is 5.67. The van der Waals surface area contributed by atoms with Crippen molar-refractivity contribution >= 4 is 6.09 Å². The number of aryl methyl sites for hydroxylation is 1. The van der Waals surface area contributed by atoms with E-state index >= 15 is 0 Å². The van der Waals surface area contributed by atoms with Gasteiger partial charge in [-0.05, 0) is 51.8 Å². The first-order valence-electron chi connectivity index (χ1n) is 7.02. The molecule has 1 amide bonds. The van der Waals surface area contributed by atoms with Crippen molar-refractivity contribution in [2.75, 3.05) is 20.3 Å². The second kappa shape index (κ2) is 10.1. The standard InChI is InChI=1S/C9H19NO3.C7H6F2/c1-9(2,3)13-8(11)10-6-5-7-12-4;1-5-2-6(8)4-7(9)3-5/h5-7H2,1-4H3,(H,10,11);2-4H,1H3. The molecule has 0 spiro atoms. The van der Waals surface area contributed by atoms with Gasteiger partial charge in [-0.15, -0.1) is 0 Å². The van der Waals surface area contributed by atoms with Gasteiger partial charge in [-0.3, -0.25) is 0 Å². The van der Waals surface area contributed by atoms with E-state index < -0.39 is 17.2 Å². The van der Waals surface area contributed by atoms with Crippen LogP contribution in [0.25, 0.3) is 0 Å². The Balaban J connectivity index is 0.000000425. The summed E-state index contributed by atoms with van der Waals surface area (Å²) in [6.45, 7) is 8.38. The van der Waals surface area contributed by atoms with E-state index in [4.69, 9.17) is 9.47 Å². The van der Waals surface area contributed by atoms with Crippen molar-refractivity contribution in [3.05, 3.63) is 35.4 Å². The minimum absolute atomic E-state index is 0.372. The molecule has 22 heavy (non-hydrogen) atoms. The number of rotatable bonds is 4. The van der Waals surface area contributed by atoms with E-state index in [0.717, 1.165) is 12.5 Å². The van der Waals surface area contributed by atoms with E-state index in [1.165, 1.54) is 12.1 Å². The third-order valence-corrected chi connectivity index (χ3v) is 2.20. The molecule has 0 aliphatic heterocycles. The lowest BCUT2D eigenvalue weighted by atomic mass is 10.2. The summed E-state index contributed by atoms with van der Waals surface area (Å²) in [5.74, 6) is -1.04. The highest BCUT2D eigenvalue weighted by Gasteiger charge is 2.15. The number of ether oxygens (including phenoxy) is 2. The van der Waals surface area contributed by atoms with Gasteiger partial charge in [0, 0.05) is 26.3 Å². The van der Waals surface area contributed by atoms with Crippen molar-refractivity contribution in [3.63, 3.8) is 0 Å². The molecule has 0 aromatic heterocycles. The van der Waals surface area contributed by atoms with Gasteiger partial charge in [0.1, 0.15) is 17.2 Å². The lowest BCUT2D eigenvalue weighted by molar-refractivity contribution is 0.0523. The van der Waals surface area contributed by atoms with Crippen molar-refractivity contribution in [1.29, 1.82) is 0 Å². The van der Waals surface area contributed by atoms with Gasteiger partial charge < -0.3 is 14.8 Å². The maximum atomic E-state index is 12.2. The molecular formula is C16H25F2NO3. The lowest BCUT2D eigenvalue weighted by Gasteiger charge is -2.19. The minimum atomic E-state index is -0.521. The van der Waals surface area contributed by atoms with E-state index in [2.05, 4.69) is 5.32 Å². The monoisotopic (exact) mass is 317 g/mol. The zero-order valence-electron chi connectivity index (χ0n) is 13.8. The second-order valence-electron chi connectivity index (χ2n) is 5.72. The van der Waals surface area contributed by atoms with Crippen molar-refractivity contribution in [2.24, 2.45) is 0 Å². The summed E-state index contributed by atoms with van der Waals surface area (Å²) in [5, 5.41) is 2.63. The Labute approximate surface area is 130 Å². The van der Waals surface area contributed by atoms with Crippen LogP contribution in [0.15, 0.2) is 18.2 Å². The Morgan fingerprint density at radius 2 is 1.73 bits per heavy atom. The van der Waals surface area contributed by atoms with Gasteiger partial charge >= 0.3 is 6.09 Å². The Kier molecular flexibility index (Phi) is 9.33. The number of hydrogen-bond acceptors (Lipinski definition) is 3. The molecule has 0 bridgehead atoms. The first-order chi connectivity index (χ1) is 10.1. The molecule has 1 aromatic carbocycles. The predicted molar refractivity (Wildman–Crippen MR) is 81.8 cm³/mol. The Bertz CT molecular complexity index is 409. The zero-order valence-corrected chi connectivity index (χ0v) is 13.8. The maximum Gasteiger partial charge on any atom is 0.407 e. The largest absolute Gasteiger partial charge is 0.444 e. The van der Waals surface area contributed by atoms with Gasteiger partial charge in [0.2, 0.25) is 0 Å². The average molecular weight is 317 g/mol. The highest BCUT2D eigenvalue weighted by Crippen LogP contribution is 2.06. The average Bonchev–Trinajstić information content (AvgIpc) is 2.31. The summed E-state index contributed by atoms with van der Waals surface area (Å²) < 4.78 is 34.2. The van der Waals surface area contributed by atoms with E-state index in [9.17, 15) is 13.6 Å². The fraction of sp³-hybridized carbons (Fsp3) is 0.562. The molecule has 0 heterocycles. The summed E-state index contributed by atoms with van der Waals surface area (Å²) >= 11 is 0. The zero-order chi connectivity index (χ0) is 17.2. The number of benzene rings is 1. The maximum absolute atomic E-state index is 12.2. The molecule has 1 rings (SSSR count). The Hall–Kier alpha value is -1.69. The summed E-state index contributed by atoms with van der Waals surface area (Å²) in [5.41, 5.74) is 0.179. The van der Waals surface area contributed by atoms with E-state index in [1.54, 1.807) is 14.0 Å². The molecule has 1 aromatic rings. The molecule has 0 unspecified atom stereocenters. The van der Waals surface area contributed by atoms with Gasteiger partial charge in [0.25, 0.3) is 0 Å². The summed E-state index contributed by atoms with van der Waals surface area (Å²) in [6.07, 6.45) is 0.430. The van der Waals surface area contributed by atoms with E-state index in [1.807, 2.05) is 20.8 Å². The number of amides is 1. The number of carbonyl (C=O) groups excluding carboxylic acids is 1. The molecule has 0 radical (unpaired) electrons. The number of carbonyl (C=O) groups is 1. The van der Waals surface area contributed by atoms with Gasteiger partial charge in [-0.25, -0.2) is 13.6 Å². The molecule has 0 fully saturated rings. The van der Waals surface area contributed by atoms with Crippen LogP contribution in [0, 0.1) is 18.6 Å². The van der Waals surface area contributed by atoms with Crippen LogP contribution < -0.4 is 5.32 Å². The summed E-state index contributed by atoms with van der Waals surface area (Å²) in [7, 11) is 1.63. The molecule has 0 atom stereocenters. The third kappa shape index (κ3) is 12.1. The molecule has 6 heteroatoms. The van der Waals surface area contributed by atoms with Gasteiger partial charge in [0.05, 0.1) is 0 Å². The molecule has 126 valence electrons. The quantitative estimate of drug-likeness (QED) is 0.859. The van der Waals surface area contributed by atoms with Crippen molar-refractivity contribution < 1.29 is 23.0 Å². The molecular weight excluding hydrogens is 292 g/mol. The van der Waals surface area contributed by atoms with Crippen LogP contribution in [0.2, 0.25) is 0 Å². The SMILES string of the molecule is COCCCNC(=O)OC(C)(C)C.Cc1cc(F)cc(F)c1. The van der Waals surface area contributed by atoms with E-state index in [-0.39, 0.29) is 6.09 Å². The van der Waals surface area contributed by atoms with Crippen LogP contribution in [-0.4, -0.2) is 32.0 Å². The smallest absolute Gasteiger partial charge is 0.407 e. The van der Waals surface area contributed by atoms with Crippen LogP contribution in [0.5, 0.6) is 0 Å². The van der Waals surface area contributed by atoms with E-state index in [0.29, 0.717) is 18.7 Å². The van der Waals surface area contributed by atoms with Gasteiger partial charge in [-0.2, -0.15) is 0 Å². The van der Waals surface area contributed by atoms with Crippen LogP contribution in [0.1, 0.15) is 32.8 Å². The predicted octanol–water partition coefficient (Wildman–Crippen LogP) is 3.82. The molecule has 0 aliphatic carbocycles. The minimum Gasteiger partial charge on any atom is -0.444 e. The topological polar surface area (TPSA) is 47.6 Å². The van der Waals surface area contributed by atoms with Crippen LogP contribution in [0.3, 0.4) is 0 Å². The Morgan fingerprint density at radius 1 is 1.18 bits per heavy atom. The number of halogens is 2. The van der Waals surface area contributed by atoms with Crippen LogP contribution in [-0.2, 0) is 9.47 Å². The third-order valence-electron chi connectivity index (χ3n) is 2.20. The fourth-order valence-electron chi connectivity index (χ4n) is 1.41. The first kappa shape index (κ1) is 20.3. The number of nitrogens with one attached hydrogen (secondary N) is 1. The second-order valence-corrected chi connectivity index (χ2v) is 5.72. The Morgan fingerprint density at radius 3 is 2.14 bits per heavy atom. The molecule has 0 saturated carbocycles. The number of hydrogen-bond donors (Lipinski definition) is 1. The van der Waals surface area contributed by atoms with Crippen molar-refractivity contribution in [1.82, 2.24) is 5.32 Å².